The molecule has 1 amide bonds. The van der Waals surface area contributed by atoms with Crippen molar-refractivity contribution in [3.63, 3.8) is 0 Å². The van der Waals surface area contributed by atoms with Crippen LogP contribution in [-0.4, -0.2) is 46.9 Å². The number of carbonyl (C=O) groups is 2. The molecule has 0 aromatic heterocycles. The van der Waals surface area contributed by atoms with Gasteiger partial charge in [0.2, 0.25) is 5.91 Å². The summed E-state index contributed by atoms with van der Waals surface area (Å²) in [6.07, 6.45) is 61.0. The fourth-order valence-corrected chi connectivity index (χ4v) is 7.38. The number of ether oxygens (including phenoxy) is 1. The van der Waals surface area contributed by atoms with E-state index in [0.29, 0.717) is 19.3 Å². The van der Waals surface area contributed by atoms with Gasteiger partial charge in [-0.25, -0.2) is 0 Å². The van der Waals surface area contributed by atoms with Crippen molar-refractivity contribution < 1.29 is 24.5 Å². The van der Waals surface area contributed by atoms with Gasteiger partial charge in [0.25, 0.3) is 0 Å². The molecule has 3 unspecified atom stereocenters. The van der Waals surface area contributed by atoms with E-state index in [9.17, 15) is 19.8 Å². The quantitative estimate of drug-likeness (QED) is 0.0245. The van der Waals surface area contributed by atoms with E-state index in [1.165, 1.54) is 103 Å². The molecule has 0 saturated heterocycles. The van der Waals surface area contributed by atoms with Gasteiger partial charge in [0.05, 0.1) is 25.2 Å². The molecule has 0 aliphatic rings. The largest absolute Gasteiger partial charge is 0.462 e. The number of aliphatic hydroxyl groups is 2. The fourth-order valence-electron chi connectivity index (χ4n) is 7.38. The van der Waals surface area contributed by atoms with Crippen LogP contribution < -0.4 is 5.32 Å². The summed E-state index contributed by atoms with van der Waals surface area (Å²) in [5.41, 5.74) is 0. The van der Waals surface area contributed by atoms with Crippen LogP contribution in [0.5, 0.6) is 0 Å². The number of aliphatic hydroxyl groups excluding tert-OH is 2. The summed E-state index contributed by atoms with van der Waals surface area (Å²) in [6.45, 7) is 6.40. The van der Waals surface area contributed by atoms with Gasteiger partial charge in [0, 0.05) is 6.42 Å². The number of hydrogen-bond donors (Lipinski definition) is 3. The highest BCUT2D eigenvalue weighted by Gasteiger charge is 2.24. The molecule has 0 rings (SSSR count). The molecule has 0 bridgehead atoms. The van der Waals surface area contributed by atoms with Crippen LogP contribution in [0.25, 0.3) is 0 Å². The van der Waals surface area contributed by atoms with Crippen molar-refractivity contribution in [3.05, 3.63) is 72.9 Å². The molecule has 0 aliphatic heterocycles. The molecule has 0 aliphatic carbocycles. The molecule has 3 N–H and O–H groups in total. The van der Waals surface area contributed by atoms with Crippen LogP contribution in [0.3, 0.4) is 0 Å². The summed E-state index contributed by atoms with van der Waals surface area (Å²) in [6, 6.07) is -0.720. The molecule has 0 radical (unpaired) electrons. The maximum Gasteiger partial charge on any atom is 0.306 e. The zero-order valence-corrected chi connectivity index (χ0v) is 40.0. The van der Waals surface area contributed by atoms with E-state index in [1.54, 1.807) is 0 Å². The van der Waals surface area contributed by atoms with Crippen LogP contribution in [0.2, 0.25) is 0 Å². The first-order valence-electron chi connectivity index (χ1n) is 25.7. The normalized spacial score (nSPS) is 13.9. The summed E-state index contributed by atoms with van der Waals surface area (Å²) in [7, 11) is 0. The Balaban J connectivity index is 4.69. The van der Waals surface area contributed by atoms with Crippen LogP contribution >= 0.6 is 0 Å². The lowest BCUT2D eigenvalue weighted by molar-refractivity contribution is -0.151. The zero-order chi connectivity index (χ0) is 44.5. The summed E-state index contributed by atoms with van der Waals surface area (Å²) in [4.78, 5) is 26.1. The lowest BCUT2D eigenvalue weighted by Gasteiger charge is -2.24. The van der Waals surface area contributed by atoms with Gasteiger partial charge < -0.3 is 20.3 Å². The molecule has 0 spiro atoms. The molecule has 0 heterocycles. The van der Waals surface area contributed by atoms with Crippen molar-refractivity contribution >= 4 is 11.9 Å². The Morgan fingerprint density at radius 1 is 0.492 bits per heavy atom. The van der Waals surface area contributed by atoms with Gasteiger partial charge in [-0.3, -0.25) is 9.59 Å². The van der Waals surface area contributed by atoms with Gasteiger partial charge in [-0.15, -0.1) is 0 Å². The van der Waals surface area contributed by atoms with Crippen molar-refractivity contribution in [2.45, 2.75) is 257 Å². The van der Waals surface area contributed by atoms with Gasteiger partial charge in [0.1, 0.15) is 6.10 Å². The van der Waals surface area contributed by atoms with E-state index in [4.69, 9.17) is 4.74 Å². The van der Waals surface area contributed by atoms with Gasteiger partial charge >= 0.3 is 5.97 Å². The summed E-state index contributed by atoms with van der Waals surface area (Å²) in [5, 5.41) is 23.7. The second-order valence-electron chi connectivity index (χ2n) is 17.3. The predicted octanol–water partition coefficient (Wildman–Crippen LogP) is 15.4. The van der Waals surface area contributed by atoms with Crippen LogP contribution in [-0.2, 0) is 14.3 Å². The first-order chi connectivity index (χ1) is 30.0. The third-order valence-electron chi connectivity index (χ3n) is 11.3. The molecule has 0 aromatic carbocycles. The molecule has 0 fully saturated rings. The van der Waals surface area contributed by atoms with Crippen LogP contribution in [0.1, 0.15) is 239 Å². The molecule has 61 heavy (non-hydrogen) atoms. The molecular weight excluding hydrogens is 755 g/mol. The van der Waals surface area contributed by atoms with Crippen molar-refractivity contribution in [1.82, 2.24) is 5.32 Å². The Morgan fingerprint density at radius 3 is 1.44 bits per heavy atom. The number of amides is 1. The average Bonchev–Trinajstić information content (AvgIpc) is 3.25. The van der Waals surface area contributed by atoms with Crippen molar-refractivity contribution in [2.75, 3.05) is 6.61 Å². The predicted molar refractivity (Wildman–Crippen MR) is 264 cm³/mol. The monoisotopic (exact) mass is 852 g/mol. The Hall–Kier alpha value is -2.70. The first kappa shape index (κ1) is 58.3. The number of hydrogen-bond acceptors (Lipinski definition) is 5. The standard InChI is InChI=1S/C55H97NO5/c1-4-7-10-13-16-19-21-23-25-26-27-29-31-33-36-39-42-45-48-55(60)61-51(46-43-40-37-35-32-30-28-24-22-20-17-14-11-8-5-2)49-54(59)56-52(50-57)53(58)47-44-41-38-34-18-15-12-9-6-3/h17,20-21,23-29,32,35,51-53,57-58H,4-16,18-19,22,30-31,33-34,36-50H2,1-3H3,(H,56,59)/b20-17-,23-21+,26-25+,28-24-,29-27+,35-32-. The smallest absolute Gasteiger partial charge is 0.306 e. The number of carbonyl (C=O) groups excluding carboxylic acids is 2. The van der Waals surface area contributed by atoms with Crippen molar-refractivity contribution in [3.8, 4) is 0 Å². The van der Waals surface area contributed by atoms with E-state index in [1.807, 2.05) is 0 Å². The van der Waals surface area contributed by atoms with Crippen LogP contribution in [0, 0.1) is 0 Å². The summed E-state index contributed by atoms with van der Waals surface area (Å²) >= 11 is 0. The molecular formula is C55H97NO5. The minimum atomic E-state index is -0.803. The number of unbranched alkanes of at least 4 members (excludes halogenated alkanes) is 23. The van der Waals surface area contributed by atoms with Crippen molar-refractivity contribution in [2.24, 2.45) is 0 Å². The average molecular weight is 852 g/mol. The van der Waals surface area contributed by atoms with Gasteiger partial charge in [-0.1, -0.05) is 209 Å². The van der Waals surface area contributed by atoms with E-state index in [-0.39, 0.29) is 24.9 Å². The molecule has 352 valence electrons. The van der Waals surface area contributed by atoms with E-state index >= 15 is 0 Å². The number of esters is 1. The lowest BCUT2D eigenvalue weighted by atomic mass is 10.0. The number of allylic oxidation sites excluding steroid dienone is 12. The van der Waals surface area contributed by atoms with Crippen LogP contribution in [0.15, 0.2) is 72.9 Å². The highest BCUT2D eigenvalue weighted by atomic mass is 16.5. The van der Waals surface area contributed by atoms with Crippen molar-refractivity contribution in [1.29, 1.82) is 0 Å². The van der Waals surface area contributed by atoms with Crippen LogP contribution in [0.4, 0.5) is 0 Å². The lowest BCUT2D eigenvalue weighted by Crippen LogP contribution is -2.46. The number of nitrogens with one attached hydrogen (secondary N) is 1. The Labute approximate surface area is 377 Å². The van der Waals surface area contributed by atoms with E-state index < -0.39 is 18.2 Å². The maximum absolute atomic E-state index is 13.2. The zero-order valence-electron chi connectivity index (χ0n) is 40.0. The minimum Gasteiger partial charge on any atom is -0.462 e. The topological polar surface area (TPSA) is 95.9 Å². The van der Waals surface area contributed by atoms with E-state index in [2.05, 4.69) is 99.0 Å². The third-order valence-corrected chi connectivity index (χ3v) is 11.3. The first-order valence-corrected chi connectivity index (χ1v) is 25.7. The third kappa shape index (κ3) is 43.7. The number of rotatable bonds is 45. The fraction of sp³-hybridized carbons (Fsp3) is 0.745. The second kappa shape index (κ2) is 48.3. The van der Waals surface area contributed by atoms with Gasteiger partial charge in [-0.05, 0) is 89.9 Å². The molecule has 3 atom stereocenters. The molecule has 0 saturated carbocycles. The van der Waals surface area contributed by atoms with Gasteiger partial charge in [-0.2, -0.15) is 0 Å². The van der Waals surface area contributed by atoms with E-state index in [0.717, 1.165) is 89.9 Å². The minimum absolute atomic E-state index is 0.0405. The Morgan fingerprint density at radius 2 is 0.902 bits per heavy atom. The Kier molecular flexibility index (Phi) is 46.2. The molecule has 0 aromatic rings. The maximum atomic E-state index is 13.2. The SMILES string of the molecule is CCCCC/C=C\C/C=C\C/C=C\CCCCC(CC(=O)NC(CO)C(O)CCCCCCCCCCC)OC(=O)CCCCCCC/C=C/C=C/C=C/CCCCCCC. The second-order valence-corrected chi connectivity index (χ2v) is 17.3. The highest BCUT2D eigenvalue weighted by molar-refractivity contribution is 5.77. The molecule has 6 heteroatoms. The summed E-state index contributed by atoms with van der Waals surface area (Å²) in [5.74, 6) is -0.538. The molecule has 6 nitrogen and oxygen atoms in total. The van der Waals surface area contributed by atoms with Gasteiger partial charge in [0.15, 0.2) is 0 Å². The summed E-state index contributed by atoms with van der Waals surface area (Å²) < 4.78 is 5.90. The highest BCUT2D eigenvalue weighted by Crippen LogP contribution is 2.16. The Bertz CT molecular complexity index is 1140.